The molecular formula is C12H10ClIN2. The second kappa shape index (κ2) is 5.50. The molecule has 16 heavy (non-hydrogen) atoms. The maximum atomic E-state index is 6.01. The van der Waals surface area contributed by atoms with Gasteiger partial charge in [0.25, 0.3) is 0 Å². The number of halogens is 2. The van der Waals surface area contributed by atoms with Gasteiger partial charge in [-0.25, -0.2) is 0 Å². The van der Waals surface area contributed by atoms with Gasteiger partial charge in [0.2, 0.25) is 0 Å². The van der Waals surface area contributed by atoms with Crippen molar-refractivity contribution >= 4 is 39.9 Å². The maximum absolute atomic E-state index is 6.01. The summed E-state index contributed by atoms with van der Waals surface area (Å²) in [5.41, 5.74) is 2.14. The Morgan fingerprint density at radius 2 is 1.94 bits per heavy atom. The van der Waals surface area contributed by atoms with Gasteiger partial charge in [-0.2, -0.15) is 0 Å². The van der Waals surface area contributed by atoms with Crippen LogP contribution in [0.1, 0.15) is 5.56 Å². The van der Waals surface area contributed by atoms with E-state index in [2.05, 4.69) is 57.2 Å². The van der Waals surface area contributed by atoms with Gasteiger partial charge in [0.15, 0.2) is 0 Å². The fourth-order valence-electron chi connectivity index (χ4n) is 1.31. The number of pyridine rings is 1. The molecule has 2 aromatic rings. The molecule has 0 saturated carbocycles. The molecule has 2 nitrogen and oxygen atoms in total. The van der Waals surface area contributed by atoms with E-state index in [1.165, 1.54) is 3.57 Å². The molecule has 0 unspecified atom stereocenters. The van der Waals surface area contributed by atoms with Crippen molar-refractivity contribution in [1.82, 2.24) is 4.98 Å². The molecule has 2 rings (SSSR count). The average Bonchev–Trinajstić information content (AvgIpc) is 2.30. The van der Waals surface area contributed by atoms with Gasteiger partial charge in [-0.3, -0.25) is 4.98 Å². The number of nitrogens with zero attached hydrogens (tertiary/aromatic N) is 1. The summed E-state index contributed by atoms with van der Waals surface area (Å²) in [7, 11) is 0. The smallest absolute Gasteiger partial charge is 0.0639 e. The number of nitrogens with one attached hydrogen (secondary N) is 1. The molecule has 0 spiro atoms. The Kier molecular flexibility index (Phi) is 4.01. The van der Waals surface area contributed by atoms with Crippen molar-refractivity contribution in [2.75, 3.05) is 5.32 Å². The Hall–Kier alpha value is -0.810. The highest BCUT2D eigenvalue weighted by Gasteiger charge is 1.99. The zero-order chi connectivity index (χ0) is 11.4. The van der Waals surface area contributed by atoms with E-state index in [1.807, 2.05) is 6.07 Å². The van der Waals surface area contributed by atoms with Crippen molar-refractivity contribution in [3.8, 4) is 0 Å². The van der Waals surface area contributed by atoms with Gasteiger partial charge in [-0.1, -0.05) is 11.6 Å². The van der Waals surface area contributed by atoms with Gasteiger partial charge in [-0.05, 0) is 58.5 Å². The highest BCUT2D eigenvalue weighted by atomic mass is 127. The van der Waals surface area contributed by atoms with Gasteiger partial charge in [0, 0.05) is 28.2 Å². The van der Waals surface area contributed by atoms with Gasteiger partial charge in [-0.15, -0.1) is 0 Å². The third-order valence-corrected chi connectivity index (χ3v) is 3.24. The molecule has 0 bridgehead atoms. The van der Waals surface area contributed by atoms with Crippen LogP contribution in [-0.4, -0.2) is 4.98 Å². The van der Waals surface area contributed by atoms with Crippen molar-refractivity contribution in [1.29, 1.82) is 0 Å². The van der Waals surface area contributed by atoms with Gasteiger partial charge < -0.3 is 5.32 Å². The third kappa shape index (κ3) is 3.09. The molecule has 0 aliphatic rings. The van der Waals surface area contributed by atoms with E-state index in [9.17, 15) is 0 Å². The fraction of sp³-hybridized carbons (Fsp3) is 0.0833. The summed E-state index contributed by atoms with van der Waals surface area (Å²) in [6, 6.07) is 10.2. The first-order valence-electron chi connectivity index (χ1n) is 4.83. The first kappa shape index (κ1) is 11.7. The first-order valence-corrected chi connectivity index (χ1v) is 6.29. The summed E-state index contributed by atoms with van der Waals surface area (Å²) in [6.07, 6.45) is 3.41. The lowest BCUT2D eigenvalue weighted by Gasteiger charge is -2.07. The molecule has 82 valence electrons. The minimum atomic E-state index is 0.695. The Morgan fingerprint density at radius 1 is 1.19 bits per heavy atom. The quantitative estimate of drug-likeness (QED) is 0.853. The van der Waals surface area contributed by atoms with Crippen molar-refractivity contribution in [2.45, 2.75) is 6.54 Å². The number of benzene rings is 1. The highest BCUT2D eigenvalue weighted by molar-refractivity contribution is 14.1. The molecule has 0 saturated heterocycles. The maximum Gasteiger partial charge on any atom is 0.0639 e. The summed E-state index contributed by atoms with van der Waals surface area (Å²) in [5.74, 6) is 0. The standard InChI is InChI=1S/C12H10ClIN2/c13-12-8-15-6-5-9(12)7-16-11-3-1-10(14)2-4-11/h1-6,8,16H,7H2. The molecule has 0 aliphatic carbocycles. The summed E-state index contributed by atoms with van der Waals surface area (Å²) in [5, 5.41) is 4.01. The Bertz CT molecular complexity index is 471. The van der Waals surface area contributed by atoms with E-state index < -0.39 is 0 Å². The molecule has 1 aromatic carbocycles. The van der Waals surface area contributed by atoms with Crippen molar-refractivity contribution < 1.29 is 0 Å². The third-order valence-electron chi connectivity index (χ3n) is 2.18. The lowest BCUT2D eigenvalue weighted by atomic mass is 10.2. The first-order chi connectivity index (χ1) is 7.75. The monoisotopic (exact) mass is 344 g/mol. The molecule has 1 N–H and O–H groups in total. The van der Waals surface area contributed by atoms with Crippen LogP contribution in [-0.2, 0) is 6.54 Å². The van der Waals surface area contributed by atoms with Gasteiger partial charge in [0.1, 0.15) is 0 Å². The molecule has 1 aromatic heterocycles. The van der Waals surface area contributed by atoms with Crippen LogP contribution < -0.4 is 5.32 Å². The Balaban J connectivity index is 2.02. The number of hydrogen-bond acceptors (Lipinski definition) is 2. The minimum absolute atomic E-state index is 0.695. The Morgan fingerprint density at radius 3 is 2.62 bits per heavy atom. The summed E-state index contributed by atoms with van der Waals surface area (Å²) in [6.45, 7) is 0.710. The minimum Gasteiger partial charge on any atom is -0.381 e. The lowest BCUT2D eigenvalue weighted by Crippen LogP contribution is -2.00. The van der Waals surface area contributed by atoms with Gasteiger partial charge >= 0.3 is 0 Å². The molecule has 0 amide bonds. The molecule has 1 heterocycles. The highest BCUT2D eigenvalue weighted by Crippen LogP contribution is 2.16. The van der Waals surface area contributed by atoms with E-state index in [-0.39, 0.29) is 0 Å². The van der Waals surface area contributed by atoms with Crippen LogP contribution in [0.2, 0.25) is 5.02 Å². The van der Waals surface area contributed by atoms with Crippen LogP contribution >= 0.6 is 34.2 Å². The van der Waals surface area contributed by atoms with Crippen LogP contribution in [0.25, 0.3) is 0 Å². The second-order valence-corrected chi connectivity index (χ2v) is 4.98. The van der Waals surface area contributed by atoms with E-state index in [0.717, 1.165) is 11.3 Å². The lowest BCUT2D eigenvalue weighted by molar-refractivity contribution is 1.13. The zero-order valence-corrected chi connectivity index (χ0v) is 11.4. The largest absolute Gasteiger partial charge is 0.381 e. The van der Waals surface area contributed by atoms with Crippen molar-refractivity contribution in [2.24, 2.45) is 0 Å². The Labute approximate surface area is 113 Å². The number of anilines is 1. The molecule has 0 atom stereocenters. The summed E-state index contributed by atoms with van der Waals surface area (Å²) in [4.78, 5) is 3.95. The summed E-state index contributed by atoms with van der Waals surface area (Å²) >= 11 is 8.30. The summed E-state index contributed by atoms with van der Waals surface area (Å²) < 4.78 is 1.23. The molecular weight excluding hydrogens is 335 g/mol. The van der Waals surface area contributed by atoms with E-state index in [4.69, 9.17) is 11.6 Å². The van der Waals surface area contributed by atoms with Crippen LogP contribution in [0.15, 0.2) is 42.7 Å². The predicted molar refractivity (Wildman–Crippen MR) is 75.7 cm³/mol. The number of aromatic nitrogens is 1. The number of hydrogen-bond donors (Lipinski definition) is 1. The molecule has 0 fully saturated rings. The topological polar surface area (TPSA) is 24.9 Å². The number of rotatable bonds is 3. The van der Waals surface area contributed by atoms with Crippen molar-refractivity contribution in [3.05, 3.63) is 56.9 Å². The van der Waals surface area contributed by atoms with Crippen LogP contribution in [0, 0.1) is 3.57 Å². The SMILES string of the molecule is Clc1cnccc1CNc1ccc(I)cc1. The van der Waals surface area contributed by atoms with Crippen LogP contribution in [0.4, 0.5) is 5.69 Å². The van der Waals surface area contributed by atoms with E-state index in [1.54, 1.807) is 12.4 Å². The second-order valence-electron chi connectivity index (χ2n) is 3.33. The zero-order valence-electron chi connectivity index (χ0n) is 8.45. The fourth-order valence-corrected chi connectivity index (χ4v) is 1.86. The van der Waals surface area contributed by atoms with Gasteiger partial charge in [0.05, 0.1) is 5.02 Å². The molecule has 0 aliphatic heterocycles. The molecule has 0 radical (unpaired) electrons. The normalized spacial score (nSPS) is 10.1. The van der Waals surface area contributed by atoms with E-state index in [0.29, 0.717) is 11.6 Å². The van der Waals surface area contributed by atoms with E-state index >= 15 is 0 Å². The average molecular weight is 345 g/mol. The van der Waals surface area contributed by atoms with Crippen molar-refractivity contribution in [3.63, 3.8) is 0 Å². The van der Waals surface area contributed by atoms with Crippen LogP contribution in [0.5, 0.6) is 0 Å². The molecule has 4 heteroatoms. The van der Waals surface area contributed by atoms with Crippen LogP contribution in [0.3, 0.4) is 0 Å². The predicted octanol–water partition coefficient (Wildman–Crippen LogP) is 3.95.